The summed E-state index contributed by atoms with van der Waals surface area (Å²) >= 11 is 5.46. The van der Waals surface area contributed by atoms with Gasteiger partial charge in [-0.05, 0) is 42.9 Å². The predicted molar refractivity (Wildman–Crippen MR) is 89.7 cm³/mol. The standard InChI is InChI=1S/C16H23FN4OS/c1-3-8-20-15(11-22)18-21(16(20)23)12-19(4-2)10-13-6-5-7-14(17)9-13/h5-7,9,22H,3-4,8,10-12H2,1-2H3. The Morgan fingerprint density at radius 2 is 2.13 bits per heavy atom. The number of halogens is 1. The van der Waals surface area contributed by atoms with E-state index in [0.717, 1.165) is 25.1 Å². The van der Waals surface area contributed by atoms with Crippen molar-refractivity contribution in [2.75, 3.05) is 6.54 Å². The summed E-state index contributed by atoms with van der Waals surface area (Å²) in [5.74, 6) is 0.351. The van der Waals surface area contributed by atoms with Gasteiger partial charge in [-0.15, -0.1) is 0 Å². The van der Waals surface area contributed by atoms with E-state index in [4.69, 9.17) is 12.2 Å². The molecule has 126 valence electrons. The highest BCUT2D eigenvalue weighted by atomic mass is 32.1. The lowest BCUT2D eigenvalue weighted by Crippen LogP contribution is -2.26. The number of rotatable bonds is 8. The van der Waals surface area contributed by atoms with Crippen LogP contribution < -0.4 is 0 Å². The van der Waals surface area contributed by atoms with E-state index in [0.29, 0.717) is 23.8 Å². The fourth-order valence-electron chi connectivity index (χ4n) is 2.49. The van der Waals surface area contributed by atoms with Gasteiger partial charge in [0.15, 0.2) is 10.6 Å². The molecule has 0 atom stereocenters. The van der Waals surface area contributed by atoms with Gasteiger partial charge in [0.1, 0.15) is 12.4 Å². The highest BCUT2D eigenvalue weighted by Gasteiger charge is 2.12. The summed E-state index contributed by atoms with van der Waals surface area (Å²) in [6.07, 6.45) is 0.924. The Balaban J connectivity index is 2.17. The summed E-state index contributed by atoms with van der Waals surface area (Å²) in [7, 11) is 0. The number of hydrogen-bond acceptors (Lipinski definition) is 4. The first-order valence-electron chi connectivity index (χ1n) is 7.83. The summed E-state index contributed by atoms with van der Waals surface area (Å²) in [4.78, 5) is 2.12. The zero-order valence-electron chi connectivity index (χ0n) is 13.6. The van der Waals surface area contributed by atoms with E-state index in [1.165, 1.54) is 12.1 Å². The van der Waals surface area contributed by atoms with E-state index in [2.05, 4.69) is 16.9 Å². The minimum absolute atomic E-state index is 0.132. The molecule has 0 radical (unpaired) electrons. The summed E-state index contributed by atoms with van der Waals surface area (Å²) in [5.41, 5.74) is 0.911. The van der Waals surface area contributed by atoms with Crippen LogP contribution in [0.1, 0.15) is 31.7 Å². The zero-order valence-corrected chi connectivity index (χ0v) is 14.4. The van der Waals surface area contributed by atoms with Gasteiger partial charge in [-0.1, -0.05) is 26.0 Å². The molecule has 1 aromatic heterocycles. The molecule has 0 spiro atoms. The monoisotopic (exact) mass is 338 g/mol. The Bertz CT molecular complexity index is 698. The maximum atomic E-state index is 13.3. The van der Waals surface area contributed by atoms with Crippen molar-refractivity contribution in [3.63, 3.8) is 0 Å². The molecule has 7 heteroatoms. The third-order valence-electron chi connectivity index (χ3n) is 3.66. The minimum atomic E-state index is -0.232. The first-order chi connectivity index (χ1) is 11.1. The third-order valence-corrected chi connectivity index (χ3v) is 4.10. The number of aliphatic hydroxyl groups excluding tert-OH is 1. The van der Waals surface area contributed by atoms with Gasteiger partial charge in [0.25, 0.3) is 0 Å². The molecule has 1 aromatic carbocycles. The highest BCUT2D eigenvalue weighted by molar-refractivity contribution is 7.71. The second kappa shape index (κ2) is 8.33. The van der Waals surface area contributed by atoms with E-state index < -0.39 is 0 Å². The molecule has 0 fully saturated rings. The first kappa shape index (κ1) is 17.8. The molecule has 2 aromatic rings. The van der Waals surface area contributed by atoms with Gasteiger partial charge in [0.05, 0.1) is 6.67 Å². The summed E-state index contributed by atoms with van der Waals surface area (Å²) in [5, 5.41) is 13.8. The van der Waals surface area contributed by atoms with Crippen molar-refractivity contribution in [3.05, 3.63) is 46.2 Å². The maximum absolute atomic E-state index is 13.3. The number of benzene rings is 1. The average molecular weight is 338 g/mol. The van der Waals surface area contributed by atoms with Gasteiger partial charge in [0, 0.05) is 13.1 Å². The van der Waals surface area contributed by atoms with Crippen LogP contribution in [0.15, 0.2) is 24.3 Å². The molecule has 1 N–H and O–H groups in total. The van der Waals surface area contributed by atoms with Gasteiger partial charge >= 0.3 is 0 Å². The molecular weight excluding hydrogens is 315 g/mol. The van der Waals surface area contributed by atoms with Crippen molar-refractivity contribution in [3.8, 4) is 0 Å². The SMILES string of the molecule is CCCn1c(CO)nn(CN(CC)Cc2cccc(F)c2)c1=S. The van der Waals surface area contributed by atoms with E-state index in [1.807, 2.05) is 17.6 Å². The van der Waals surface area contributed by atoms with Gasteiger partial charge in [0.2, 0.25) is 0 Å². The van der Waals surface area contributed by atoms with Gasteiger partial charge < -0.3 is 9.67 Å². The molecule has 0 bridgehead atoms. The van der Waals surface area contributed by atoms with Crippen LogP contribution >= 0.6 is 12.2 Å². The largest absolute Gasteiger partial charge is 0.388 e. The van der Waals surface area contributed by atoms with E-state index in [9.17, 15) is 9.50 Å². The number of aromatic nitrogens is 3. The van der Waals surface area contributed by atoms with E-state index in [1.54, 1.807) is 10.7 Å². The quantitative estimate of drug-likeness (QED) is 0.752. The Morgan fingerprint density at radius 1 is 1.35 bits per heavy atom. The van der Waals surface area contributed by atoms with Gasteiger partial charge in [-0.3, -0.25) is 4.90 Å². The molecule has 0 aliphatic carbocycles. The van der Waals surface area contributed by atoms with Crippen LogP contribution in [0.25, 0.3) is 0 Å². The molecular formula is C16H23FN4OS. The van der Waals surface area contributed by atoms with Gasteiger partial charge in [-0.25, -0.2) is 9.07 Å². The predicted octanol–water partition coefficient (Wildman–Crippen LogP) is 2.94. The molecule has 1 heterocycles. The maximum Gasteiger partial charge on any atom is 0.199 e. The third kappa shape index (κ3) is 4.46. The second-order valence-electron chi connectivity index (χ2n) is 5.42. The normalized spacial score (nSPS) is 11.3. The Labute approximate surface area is 141 Å². The van der Waals surface area contributed by atoms with Crippen molar-refractivity contribution >= 4 is 12.2 Å². The number of nitrogens with zero attached hydrogens (tertiary/aromatic N) is 4. The zero-order chi connectivity index (χ0) is 16.8. The summed E-state index contributed by atoms with van der Waals surface area (Å²) in [6.45, 7) is 6.62. The van der Waals surface area contributed by atoms with Crippen LogP contribution in [0.3, 0.4) is 0 Å². The number of hydrogen-bond donors (Lipinski definition) is 1. The number of aliphatic hydroxyl groups is 1. The lowest BCUT2D eigenvalue weighted by molar-refractivity contribution is 0.205. The fourth-order valence-corrected chi connectivity index (χ4v) is 2.78. The first-order valence-corrected chi connectivity index (χ1v) is 8.24. The van der Waals surface area contributed by atoms with E-state index >= 15 is 0 Å². The van der Waals surface area contributed by atoms with Crippen LogP contribution in [0.5, 0.6) is 0 Å². The fraction of sp³-hybridized carbons (Fsp3) is 0.500. The van der Waals surface area contributed by atoms with Crippen molar-refractivity contribution < 1.29 is 9.50 Å². The molecule has 0 unspecified atom stereocenters. The Kier molecular flexibility index (Phi) is 6.44. The van der Waals surface area contributed by atoms with Crippen LogP contribution in [0.2, 0.25) is 0 Å². The summed E-state index contributed by atoms with van der Waals surface area (Å²) in [6, 6.07) is 6.59. The molecule has 0 saturated heterocycles. The minimum Gasteiger partial charge on any atom is -0.388 e. The molecule has 23 heavy (non-hydrogen) atoms. The Hall–Kier alpha value is -1.57. The second-order valence-corrected chi connectivity index (χ2v) is 5.79. The molecule has 0 saturated carbocycles. The highest BCUT2D eigenvalue weighted by Crippen LogP contribution is 2.10. The average Bonchev–Trinajstić information content (AvgIpc) is 2.83. The van der Waals surface area contributed by atoms with E-state index in [-0.39, 0.29) is 12.4 Å². The molecule has 0 amide bonds. The molecule has 5 nitrogen and oxygen atoms in total. The molecule has 2 rings (SSSR count). The lowest BCUT2D eigenvalue weighted by Gasteiger charge is -2.20. The van der Waals surface area contributed by atoms with Crippen LogP contribution in [-0.2, 0) is 26.4 Å². The Morgan fingerprint density at radius 3 is 2.74 bits per heavy atom. The summed E-state index contributed by atoms with van der Waals surface area (Å²) < 4.78 is 17.5. The smallest absolute Gasteiger partial charge is 0.199 e. The van der Waals surface area contributed by atoms with Crippen molar-refractivity contribution in [1.82, 2.24) is 19.2 Å². The van der Waals surface area contributed by atoms with Crippen molar-refractivity contribution in [2.24, 2.45) is 0 Å². The van der Waals surface area contributed by atoms with Crippen molar-refractivity contribution in [2.45, 2.75) is 46.6 Å². The van der Waals surface area contributed by atoms with Crippen LogP contribution in [-0.4, -0.2) is 30.9 Å². The van der Waals surface area contributed by atoms with Crippen molar-refractivity contribution in [1.29, 1.82) is 0 Å². The topological polar surface area (TPSA) is 46.2 Å². The molecule has 0 aliphatic heterocycles. The molecule has 0 aliphatic rings. The lowest BCUT2D eigenvalue weighted by atomic mass is 10.2. The van der Waals surface area contributed by atoms with Crippen LogP contribution in [0, 0.1) is 10.6 Å². The van der Waals surface area contributed by atoms with Gasteiger partial charge in [-0.2, -0.15) is 5.10 Å². The van der Waals surface area contributed by atoms with Crippen LogP contribution in [0.4, 0.5) is 4.39 Å².